The number of benzene rings is 3. The zero-order chi connectivity index (χ0) is 27.8. The van der Waals surface area contributed by atoms with Crippen molar-refractivity contribution >= 4 is 11.8 Å². The number of nitrogens with one attached hydrogen (secondary N) is 4. The van der Waals surface area contributed by atoms with Crippen molar-refractivity contribution < 1.29 is 9.59 Å². The molecule has 2 aliphatic heterocycles. The Hall–Kier alpha value is -3.48. The molecule has 1 saturated heterocycles. The molecule has 0 aromatic heterocycles. The predicted octanol–water partition coefficient (Wildman–Crippen LogP) is 4.53. The Labute approximate surface area is 242 Å². The summed E-state index contributed by atoms with van der Waals surface area (Å²) in [6.07, 6.45) is 7.92. The maximum Gasteiger partial charge on any atom is 0.237 e. The molecular weight excluding hydrogens is 508 g/mol. The van der Waals surface area contributed by atoms with Gasteiger partial charge in [0, 0.05) is 13.1 Å². The predicted molar refractivity (Wildman–Crippen MR) is 160 cm³/mol. The SMILES string of the molecule is O=C(N[C@@H]1CCCc2ccccc21)[C@@H]1Cc2ccc([C@@H]3CN[C@H](C(=O)N[C@@H]4CCCc5ccccc54)C3)cc2CN1. The van der Waals surface area contributed by atoms with E-state index in [-0.39, 0.29) is 36.0 Å². The molecule has 2 aliphatic carbocycles. The normalized spacial score (nSPS) is 26.8. The molecule has 0 unspecified atom stereocenters. The van der Waals surface area contributed by atoms with Gasteiger partial charge in [0.05, 0.1) is 24.2 Å². The second-order valence-electron chi connectivity index (χ2n) is 12.4. The zero-order valence-electron chi connectivity index (χ0n) is 23.6. The molecule has 0 spiro atoms. The molecule has 41 heavy (non-hydrogen) atoms. The fourth-order valence-electron chi connectivity index (χ4n) is 7.52. The molecule has 2 amide bonds. The molecule has 6 nitrogen and oxygen atoms in total. The first-order chi connectivity index (χ1) is 20.1. The van der Waals surface area contributed by atoms with E-state index in [0.717, 1.165) is 51.5 Å². The molecule has 6 heteroatoms. The van der Waals surface area contributed by atoms with E-state index in [2.05, 4.69) is 88.0 Å². The van der Waals surface area contributed by atoms with Crippen LogP contribution in [0.3, 0.4) is 0 Å². The van der Waals surface area contributed by atoms with Crippen LogP contribution in [-0.2, 0) is 35.4 Å². The monoisotopic (exact) mass is 548 g/mol. The van der Waals surface area contributed by atoms with Gasteiger partial charge in [-0.3, -0.25) is 9.59 Å². The van der Waals surface area contributed by atoms with Crippen LogP contribution in [0.25, 0.3) is 0 Å². The summed E-state index contributed by atoms with van der Waals surface area (Å²) in [5, 5.41) is 13.7. The summed E-state index contributed by atoms with van der Waals surface area (Å²) >= 11 is 0. The smallest absolute Gasteiger partial charge is 0.237 e. The molecule has 3 aromatic rings. The summed E-state index contributed by atoms with van der Waals surface area (Å²) in [6, 6.07) is 23.5. The highest BCUT2D eigenvalue weighted by Gasteiger charge is 2.33. The van der Waals surface area contributed by atoms with Gasteiger partial charge in [-0.1, -0.05) is 66.7 Å². The Balaban J connectivity index is 0.957. The Bertz CT molecular complexity index is 1450. The molecule has 212 valence electrons. The molecule has 0 bridgehead atoms. The van der Waals surface area contributed by atoms with Crippen LogP contribution >= 0.6 is 0 Å². The van der Waals surface area contributed by atoms with Crippen molar-refractivity contribution in [1.82, 2.24) is 21.3 Å². The second kappa shape index (κ2) is 11.4. The summed E-state index contributed by atoms with van der Waals surface area (Å²) in [6.45, 7) is 1.49. The number of hydrogen-bond acceptors (Lipinski definition) is 4. The van der Waals surface area contributed by atoms with Gasteiger partial charge in [-0.25, -0.2) is 0 Å². The van der Waals surface area contributed by atoms with Crippen LogP contribution < -0.4 is 21.3 Å². The van der Waals surface area contributed by atoms with E-state index >= 15 is 0 Å². The number of carbonyl (C=O) groups excluding carboxylic acids is 2. The Kier molecular flexibility index (Phi) is 7.36. The van der Waals surface area contributed by atoms with Crippen LogP contribution in [0.4, 0.5) is 0 Å². The average Bonchev–Trinajstić information content (AvgIpc) is 3.52. The van der Waals surface area contributed by atoms with Crippen molar-refractivity contribution in [3.8, 4) is 0 Å². The molecule has 4 N–H and O–H groups in total. The third kappa shape index (κ3) is 5.43. The fraction of sp³-hybridized carbons (Fsp3) is 0.429. The first-order valence-electron chi connectivity index (χ1n) is 15.5. The number of aryl methyl sites for hydroxylation is 2. The van der Waals surface area contributed by atoms with Gasteiger partial charge in [0.15, 0.2) is 0 Å². The molecule has 0 saturated carbocycles. The number of hydrogen-bond donors (Lipinski definition) is 4. The average molecular weight is 549 g/mol. The lowest BCUT2D eigenvalue weighted by molar-refractivity contribution is -0.124. The van der Waals surface area contributed by atoms with E-state index in [4.69, 9.17) is 0 Å². The largest absolute Gasteiger partial charge is 0.348 e. The van der Waals surface area contributed by atoms with Crippen molar-refractivity contribution in [3.63, 3.8) is 0 Å². The fourth-order valence-corrected chi connectivity index (χ4v) is 7.52. The van der Waals surface area contributed by atoms with Crippen molar-refractivity contribution in [2.75, 3.05) is 6.54 Å². The molecule has 1 fully saturated rings. The molecule has 2 heterocycles. The third-order valence-corrected chi connectivity index (χ3v) is 9.80. The van der Waals surface area contributed by atoms with Crippen LogP contribution in [0.5, 0.6) is 0 Å². The molecule has 5 atom stereocenters. The molecule has 7 rings (SSSR count). The summed E-state index contributed by atoms with van der Waals surface area (Å²) in [5.74, 6) is 0.515. The van der Waals surface area contributed by atoms with Crippen LogP contribution in [0.1, 0.15) is 89.0 Å². The highest BCUT2D eigenvalue weighted by molar-refractivity contribution is 5.83. The number of fused-ring (bicyclic) bond motifs is 3. The van der Waals surface area contributed by atoms with Crippen LogP contribution in [0, 0.1) is 0 Å². The van der Waals surface area contributed by atoms with Gasteiger partial charge < -0.3 is 21.3 Å². The highest BCUT2D eigenvalue weighted by Crippen LogP contribution is 2.33. The standard InChI is InChI=1S/C35H40N4O2/c40-34(38-30-13-5-9-22-7-1-3-11-28(22)30)32-18-25-16-15-24(17-26(25)20-36-32)27-19-33(37-21-27)35(41)39-31-14-6-10-23-8-2-4-12-29(23)31/h1-4,7-8,11-12,15-17,27,30-33,36-37H,5-6,9-10,13-14,18-21H2,(H,38,40)(H,39,41)/t27-,30+,31+,32-,33-/m0/s1. The zero-order valence-corrected chi connectivity index (χ0v) is 23.6. The van der Waals surface area contributed by atoms with E-state index in [1.54, 1.807) is 0 Å². The van der Waals surface area contributed by atoms with E-state index in [0.29, 0.717) is 18.9 Å². The van der Waals surface area contributed by atoms with E-state index in [9.17, 15) is 9.59 Å². The lowest BCUT2D eigenvalue weighted by Gasteiger charge is -2.30. The topological polar surface area (TPSA) is 82.3 Å². The number of amides is 2. The number of rotatable bonds is 5. The van der Waals surface area contributed by atoms with E-state index < -0.39 is 0 Å². The van der Waals surface area contributed by atoms with Gasteiger partial charge in [-0.2, -0.15) is 0 Å². The summed E-state index contributed by atoms with van der Waals surface area (Å²) < 4.78 is 0. The Morgan fingerprint density at radius 2 is 1.32 bits per heavy atom. The lowest BCUT2D eigenvalue weighted by Crippen LogP contribution is -2.48. The van der Waals surface area contributed by atoms with E-state index in [1.165, 1.54) is 38.9 Å². The van der Waals surface area contributed by atoms with Crippen molar-refractivity contribution in [2.45, 2.75) is 88.0 Å². The van der Waals surface area contributed by atoms with Gasteiger partial charge in [0.25, 0.3) is 0 Å². The van der Waals surface area contributed by atoms with E-state index in [1.807, 2.05) is 0 Å². The second-order valence-corrected chi connectivity index (χ2v) is 12.4. The van der Waals surface area contributed by atoms with Crippen molar-refractivity contribution in [3.05, 3.63) is 106 Å². The van der Waals surface area contributed by atoms with Crippen molar-refractivity contribution in [1.29, 1.82) is 0 Å². The van der Waals surface area contributed by atoms with Crippen molar-refractivity contribution in [2.24, 2.45) is 0 Å². The minimum Gasteiger partial charge on any atom is -0.348 e. The minimum atomic E-state index is -0.214. The summed E-state index contributed by atoms with van der Waals surface area (Å²) in [4.78, 5) is 26.5. The maximum atomic E-state index is 13.3. The van der Waals surface area contributed by atoms with Gasteiger partial charge in [-0.15, -0.1) is 0 Å². The third-order valence-electron chi connectivity index (χ3n) is 9.80. The van der Waals surface area contributed by atoms with Crippen LogP contribution in [-0.4, -0.2) is 30.4 Å². The molecule has 3 aromatic carbocycles. The molecule has 4 aliphatic rings. The highest BCUT2D eigenvalue weighted by atomic mass is 16.2. The van der Waals surface area contributed by atoms with Gasteiger partial charge in [0.1, 0.15) is 0 Å². The summed E-state index contributed by atoms with van der Waals surface area (Å²) in [5.41, 5.74) is 9.06. The first kappa shape index (κ1) is 26.4. The first-order valence-corrected chi connectivity index (χ1v) is 15.5. The van der Waals surface area contributed by atoms with Crippen LogP contribution in [0.15, 0.2) is 66.7 Å². The van der Waals surface area contributed by atoms with Gasteiger partial charge >= 0.3 is 0 Å². The van der Waals surface area contributed by atoms with Gasteiger partial charge in [-0.05, 0) is 96.2 Å². The molecular formula is C35H40N4O2. The Morgan fingerprint density at radius 3 is 2.00 bits per heavy atom. The van der Waals surface area contributed by atoms with Crippen LogP contribution in [0.2, 0.25) is 0 Å². The number of carbonyl (C=O) groups is 2. The summed E-state index contributed by atoms with van der Waals surface area (Å²) in [7, 11) is 0. The lowest BCUT2D eigenvalue weighted by atomic mass is 9.86. The molecule has 0 radical (unpaired) electrons. The van der Waals surface area contributed by atoms with Gasteiger partial charge in [0.2, 0.25) is 11.8 Å². The minimum absolute atomic E-state index is 0.0934. The Morgan fingerprint density at radius 1 is 0.683 bits per heavy atom. The quantitative estimate of drug-likeness (QED) is 0.378. The maximum absolute atomic E-state index is 13.3.